The van der Waals surface area contributed by atoms with Crippen molar-refractivity contribution in [2.75, 3.05) is 13.2 Å². The molecule has 6 heteroatoms. The minimum atomic E-state index is -0.772. The number of ether oxygens (including phenoxy) is 3. The fraction of sp³-hybridized carbons (Fsp3) is 0.853. The van der Waals surface area contributed by atoms with Gasteiger partial charge in [-0.05, 0) is 83.5 Å². The molecule has 0 aliphatic heterocycles. The maximum Gasteiger partial charge on any atom is 0.306 e. The fourth-order valence-corrected chi connectivity index (χ4v) is 10.9. The number of rotatable bonds is 67. The molecule has 1 atom stereocenters. The average molecular weight is 1140 g/mol. The highest BCUT2D eigenvalue weighted by atomic mass is 16.6. The molecule has 0 amide bonds. The molecule has 0 spiro atoms. The van der Waals surface area contributed by atoms with E-state index in [0.717, 1.165) is 70.6 Å². The van der Waals surface area contributed by atoms with Crippen molar-refractivity contribution in [3.63, 3.8) is 0 Å². The van der Waals surface area contributed by atoms with Gasteiger partial charge < -0.3 is 14.2 Å². The minimum absolute atomic E-state index is 0.0688. The number of carbonyl (C=O) groups excluding carboxylic acids is 3. The van der Waals surface area contributed by atoms with Crippen LogP contribution in [0.2, 0.25) is 0 Å². The highest BCUT2D eigenvalue weighted by Gasteiger charge is 2.19. The molecule has 474 valence electrons. The van der Waals surface area contributed by atoms with Crippen LogP contribution in [0.15, 0.2) is 48.6 Å². The predicted octanol–water partition coefficient (Wildman–Crippen LogP) is 24.9. The third kappa shape index (κ3) is 68.0. The molecule has 0 aliphatic rings. The quantitative estimate of drug-likeness (QED) is 0.0261. The Kier molecular flexibility index (Phi) is 67.6. The number of hydrogen-bond donors (Lipinski definition) is 0. The summed E-state index contributed by atoms with van der Waals surface area (Å²) in [6.07, 6.45) is 88.6. The van der Waals surface area contributed by atoms with Gasteiger partial charge in [0.1, 0.15) is 13.2 Å². The van der Waals surface area contributed by atoms with E-state index < -0.39 is 6.10 Å². The number of esters is 3. The van der Waals surface area contributed by atoms with Crippen molar-refractivity contribution in [2.24, 2.45) is 0 Å². The van der Waals surface area contributed by atoms with Crippen molar-refractivity contribution < 1.29 is 28.6 Å². The van der Waals surface area contributed by atoms with Crippen LogP contribution in [0, 0.1) is 0 Å². The molecule has 0 aromatic carbocycles. The minimum Gasteiger partial charge on any atom is -0.462 e. The maximum absolute atomic E-state index is 12.9. The molecule has 0 rings (SSSR count). The van der Waals surface area contributed by atoms with Crippen molar-refractivity contribution in [1.29, 1.82) is 0 Å². The van der Waals surface area contributed by atoms with Crippen LogP contribution in [0.4, 0.5) is 0 Å². The Labute approximate surface area is 505 Å². The van der Waals surface area contributed by atoms with E-state index in [-0.39, 0.29) is 31.1 Å². The zero-order valence-corrected chi connectivity index (χ0v) is 54.6. The normalized spacial score (nSPS) is 12.3. The van der Waals surface area contributed by atoms with E-state index in [1.165, 1.54) is 283 Å². The van der Waals surface area contributed by atoms with E-state index in [0.29, 0.717) is 19.3 Å². The molecule has 0 fully saturated rings. The Bertz CT molecular complexity index is 1400. The second-order valence-electron chi connectivity index (χ2n) is 24.5. The third-order valence-corrected chi connectivity index (χ3v) is 16.3. The van der Waals surface area contributed by atoms with Crippen molar-refractivity contribution in [2.45, 2.75) is 399 Å². The number of carbonyl (C=O) groups is 3. The van der Waals surface area contributed by atoms with Gasteiger partial charge in [0.2, 0.25) is 0 Å². The van der Waals surface area contributed by atoms with Crippen LogP contribution in [-0.2, 0) is 28.6 Å². The molecule has 0 saturated heterocycles. The van der Waals surface area contributed by atoms with E-state index in [1.54, 1.807) is 0 Å². The van der Waals surface area contributed by atoms with Crippen molar-refractivity contribution in [3.8, 4) is 0 Å². The molecule has 0 aromatic rings. The van der Waals surface area contributed by atoms with Crippen LogP contribution in [-0.4, -0.2) is 37.2 Å². The lowest BCUT2D eigenvalue weighted by molar-refractivity contribution is -0.167. The number of hydrogen-bond acceptors (Lipinski definition) is 6. The molecule has 6 nitrogen and oxygen atoms in total. The van der Waals surface area contributed by atoms with Crippen molar-refractivity contribution in [1.82, 2.24) is 0 Å². The van der Waals surface area contributed by atoms with Crippen LogP contribution >= 0.6 is 0 Å². The van der Waals surface area contributed by atoms with Gasteiger partial charge in [-0.3, -0.25) is 14.4 Å². The van der Waals surface area contributed by atoms with Gasteiger partial charge >= 0.3 is 17.9 Å². The zero-order chi connectivity index (χ0) is 58.5. The van der Waals surface area contributed by atoms with E-state index in [1.807, 2.05) is 0 Å². The monoisotopic (exact) mass is 1140 g/mol. The molecule has 0 aliphatic carbocycles. The van der Waals surface area contributed by atoms with Gasteiger partial charge in [0.15, 0.2) is 6.10 Å². The zero-order valence-electron chi connectivity index (χ0n) is 54.6. The second-order valence-corrected chi connectivity index (χ2v) is 24.5. The van der Waals surface area contributed by atoms with Gasteiger partial charge in [-0.2, -0.15) is 0 Å². The second kappa shape index (κ2) is 69.9. The van der Waals surface area contributed by atoms with Gasteiger partial charge in [-0.1, -0.05) is 339 Å². The summed E-state index contributed by atoms with van der Waals surface area (Å²) in [6, 6.07) is 0. The molecule has 0 saturated carbocycles. The summed E-state index contributed by atoms with van der Waals surface area (Å²) in [4.78, 5) is 38.4. The standard InChI is InChI=1S/C75H138O6/c1-4-7-10-13-16-19-22-25-27-29-30-31-32-33-34-35-36-37-38-39-40-41-42-43-44-46-47-50-53-56-59-62-65-68-74(77)80-71-72(70-79-73(76)67-64-61-58-55-52-49-24-21-18-15-12-9-6-3)81-75(78)69-66-63-60-57-54-51-48-45-28-26-23-20-17-14-11-8-5-2/h22,25-26,28-30,32-33,72H,4-21,23-24,27,31,34-71H2,1-3H3/b25-22-,28-26-,30-29-,33-32-. The summed E-state index contributed by atoms with van der Waals surface area (Å²) in [7, 11) is 0. The van der Waals surface area contributed by atoms with Crippen LogP contribution in [0.5, 0.6) is 0 Å². The molecule has 0 heterocycles. The van der Waals surface area contributed by atoms with Gasteiger partial charge in [-0.25, -0.2) is 0 Å². The Balaban J connectivity index is 4.13. The molecule has 0 N–H and O–H groups in total. The first-order valence-corrected chi connectivity index (χ1v) is 36.1. The molecule has 81 heavy (non-hydrogen) atoms. The number of allylic oxidation sites excluding steroid dienone is 8. The molecule has 1 unspecified atom stereocenters. The lowest BCUT2D eigenvalue weighted by atomic mass is 10.0. The summed E-state index contributed by atoms with van der Waals surface area (Å²) >= 11 is 0. The maximum atomic E-state index is 12.9. The molecule has 0 bridgehead atoms. The third-order valence-electron chi connectivity index (χ3n) is 16.3. The Hall–Kier alpha value is -2.63. The smallest absolute Gasteiger partial charge is 0.306 e. The van der Waals surface area contributed by atoms with Gasteiger partial charge in [-0.15, -0.1) is 0 Å². The Morgan fingerprint density at radius 2 is 0.444 bits per heavy atom. The lowest BCUT2D eigenvalue weighted by Crippen LogP contribution is -2.30. The van der Waals surface area contributed by atoms with Gasteiger partial charge in [0, 0.05) is 19.3 Å². The van der Waals surface area contributed by atoms with E-state index in [9.17, 15) is 14.4 Å². The van der Waals surface area contributed by atoms with Crippen LogP contribution in [0.25, 0.3) is 0 Å². The first kappa shape index (κ1) is 78.4. The summed E-state index contributed by atoms with van der Waals surface area (Å²) in [5, 5.41) is 0. The first-order valence-electron chi connectivity index (χ1n) is 36.1. The fourth-order valence-electron chi connectivity index (χ4n) is 10.9. The number of unbranched alkanes of at least 4 members (excludes halogenated alkanes) is 48. The molecular formula is C75H138O6. The largest absolute Gasteiger partial charge is 0.462 e. The van der Waals surface area contributed by atoms with E-state index >= 15 is 0 Å². The summed E-state index contributed by atoms with van der Waals surface area (Å²) in [6.45, 7) is 6.68. The lowest BCUT2D eigenvalue weighted by Gasteiger charge is -2.18. The van der Waals surface area contributed by atoms with Crippen LogP contribution in [0.1, 0.15) is 393 Å². The highest BCUT2D eigenvalue weighted by molar-refractivity contribution is 5.71. The Morgan fingerprint density at radius 3 is 0.704 bits per heavy atom. The van der Waals surface area contributed by atoms with E-state index in [2.05, 4.69) is 69.4 Å². The topological polar surface area (TPSA) is 78.9 Å². The van der Waals surface area contributed by atoms with Gasteiger partial charge in [0.05, 0.1) is 0 Å². The first-order chi connectivity index (χ1) is 40.0. The van der Waals surface area contributed by atoms with Crippen LogP contribution in [0.3, 0.4) is 0 Å². The molecule has 0 aromatic heterocycles. The van der Waals surface area contributed by atoms with Crippen molar-refractivity contribution >= 4 is 17.9 Å². The Morgan fingerprint density at radius 1 is 0.247 bits per heavy atom. The molecular weight excluding hydrogens is 997 g/mol. The summed E-state index contributed by atoms with van der Waals surface area (Å²) in [5.74, 6) is -0.846. The summed E-state index contributed by atoms with van der Waals surface area (Å²) in [5.41, 5.74) is 0. The van der Waals surface area contributed by atoms with Gasteiger partial charge in [0.25, 0.3) is 0 Å². The SMILES string of the molecule is CCCCCCC/C=C\C/C=C\C/C=C\CCCCCCCCCCCCCCCCCCCCC(=O)OCC(COC(=O)CCCCCCCCCCCCCCC)OC(=O)CCCCCCCCC/C=C\CCCCCCCC. The molecule has 0 radical (unpaired) electrons. The van der Waals surface area contributed by atoms with Crippen molar-refractivity contribution in [3.05, 3.63) is 48.6 Å². The predicted molar refractivity (Wildman–Crippen MR) is 353 cm³/mol. The van der Waals surface area contributed by atoms with E-state index in [4.69, 9.17) is 14.2 Å². The highest BCUT2D eigenvalue weighted by Crippen LogP contribution is 2.18. The summed E-state index contributed by atoms with van der Waals surface area (Å²) < 4.78 is 17.0. The average Bonchev–Trinajstić information content (AvgIpc) is 3.46. The van der Waals surface area contributed by atoms with Crippen LogP contribution < -0.4 is 0 Å².